The summed E-state index contributed by atoms with van der Waals surface area (Å²) in [5.41, 5.74) is 1.62. The van der Waals surface area contributed by atoms with Gasteiger partial charge in [0.15, 0.2) is 0 Å². The molecule has 0 aromatic heterocycles. The fraction of sp³-hybridized carbons (Fsp3) is 0.684. The molecule has 0 heterocycles. The highest BCUT2D eigenvalue weighted by atomic mass is 16.5. The number of benzene rings is 1. The minimum absolute atomic E-state index is 0.182. The van der Waals surface area contributed by atoms with Gasteiger partial charge < -0.3 is 4.74 Å². The van der Waals surface area contributed by atoms with Gasteiger partial charge in [0, 0.05) is 0 Å². The SMILES string of the molecule is CC1CCC(C(C)(C)c2ccccc2)C(OC(C)C)C1. The first-order valence-electron chi connectivity index (χ1n) is 8.12. The van der Waals surface area contributed by atoms with Crippen LogP contribution in [0.2, 0.25) is 0 Å². The van der Waals surface area contributed by atoms with Crippen LogP contribution in [0.3, 0.4) is 0 Å². The Morgan fingerprint density at radius 1 is 1.10 bits per heavy atom. The second-order valence-electron chi connectivity index (χ2n) is 7.34. The molecule has 1 fully saturated rings. The number of rotatable bonds is 4. The van der Waals surface area contributed by atoms with Gasteiger partial charge >= 0.3 is 0 Å². The summed E-state index contributed by atoms with van der Waals surface area (Å²) < 4.78 is 6.28. The van der Waals surface area contributed by atoms with Gasteiger partial charge in [0.05, 0.1) is 12.2 Å². The van der Waals surface area contributed by atoms with Crippen molar-refractivity contribution in [2.45, 2.75) is 71.5 Å². The van der Waals surface area contributed by atoms with Crippen LogP contribution in [0.1, 0.15) is 59.4 Å². The predicted octanol–water partition coefficient (Wildman–Crippen LogP) is 5.19. The second-order valence-corrected chi connectivity index (χ2v) is 7.34. The van der Waals surface area contributed by atoms with Crippen LogP contribution in [0, 0.1) is 11.8 Å². The molecule has 3 atom stereocenters. The van der Waals surface area contributed by atoms with E-state index in [1.54, 1.807) is 0 Å². The van der Waals surface area contributed by atoms with Gasteiger partial charge in [-0.1, -0.05) is 57.5 Å². The van der Waals surface area contributed by atoms with Crippen molar-refractivity contribution in [2.24, 2.45) is 11.8 Å². The largest absolute Gasteiger partial charge is 0.375 e. The zero-order valence-electron chi connectivity index (χ0n) is 13.7. The van der Waals surface area contributed by atoms with Crippen molar-refractivity contribution in [1.82, 2.24) is 0 Å². The van der Waals surface area contributed by atoms with Crippen LogP contribution < -0.4 is 0 Å². The van der Waals surface area contributed by atoms with E-state index in [-0.39, 0.29) is 5.41 Å². The zero-order valence-corrected chi connectivity index (χ0v) is 13.7. The summed E-state index contributed by atoms with van der Waals surface area (Å²) in [5.74, 6) is 1.41. The normalized spacial score (nSPS) is 27.8. The average molecular weight is 274 g/mol. The average Bonchev–Trinajstić information content (AvgIpc) is 2.39. The molecule has 0 N–H and O–H groups in total. The van der Waals surface area contributed by atoms with E-state index >= 15 is 0 Å². The Labute approximate surface area is 124 Å². The highest BCUT2D eigenvalue weighted by Crippen LogP contribution is 2.43. The first-order chi connectivity index (χ1) is 9.41. The molecule has 20 heavy (non-hydrogen) atoms. The summed E-state index contributed by atoms with van der Waals surface area (Å²) >= 11 is 0. The van der Waals surface area contributed by atoms with Crippen LogP contribution >= 0.6 is 0 Å². The van der Waals surface area contributed by atoms with Crippen molar-refractivity contribution in [3.63, 3.8) is 0 Å². The third kappa shape index (κ3) is 3.44. The Bertz CT molecular complexity index is 405. The summed E-state index contributed by atoms with van der Waals surface area (Å²) in [6.07, 6.45) is 4.53. The first kappa shape index (κ1) is 15.6. The van der Waals surface area contributed by atoms with Gasteiger partial charge in [0.25, 0.3) is 0 Å². The topological polar surface area (TPSA) is 9.23 Å². The standard InChI is InChI=1S/C19H30O/c1-14(2)20-18-13-15(3)11-12-17(18)19(4,5)16-9-7-6-8-10-16/h6-10,14-15,17-18H,11-13H2,1-5H3. The molecule has 0 saturated heterocycles. The van der Waals surface area contributed by atoms with E-state index < -0.39 is 0 Å². The van der Waals surface area contributed by atoms with E-state index in [4.69, 9.17) is 4.74 Å². The maximum absolute atomic E-state index is 6.28. The van der Waals surface area contributed by atoms with E-state index in [2.05, 4.69) is 65.0 Å². The number of hydrogen-bond donors (Lipinski definition) is 0. The molecule has 1 aromatic carbocycles. The third-order valence-electron chi connectivity index (χ3n) is 4.95. The summed E-state index contributed by atoms with van der Waals surface area (Å²) in [4.78, 5) is 0. The van der Waals surface area contributed by atoms with Gasteiger partial charge in [0.2, 0.25) is 0 Å². The molecule has 112 valence electrons. The van der Waals surface area contributed by atoms with Crippen molar-refractivity contribution in [2.75, 3.05) is 0 Å². The maximum Gasteiger partial charge on any atom is 0.0617 e. The molecule has 0 radical (unpaired) electrons. The summed E-state index contributed by atoms with van der Waals surface area (Å²) in [6, 6.07) is 10.9. The van der Waals surface area contributed by atoms with E-state index in [0.717, 1.165) is 5.92 Å². The van der Waals surface area contributed by atoms with Gasteiger partial charge in [-0.15, -0.1) is 0 Å². The van der Waals surface area contributed by atoms with Crippen LogP contribution in [-0.4, -0.2) is 12.2 Å². The van der Waals surface area contributed by atoms with E-state index in [1.165, 1.54) is 24.8 Å². The van der Waals surface area contributed by atoms with Crippen molar-refractivity contribution >= 4 is 0 Å². The zero-order chi connectivity index (χ0) is 14.8. The fourth-order valence-corrected chi connectivity index (χ4v) is 3.74. The molecule has 1 aliphatic carbocycles. The van der Waals surface area contributed by atoms with Crippen LogP contribution in [-0.2, 0) is 10.2 Å². The molecule has 0 aliphatic heterocycles. The summed E-state index contributed by atoms with van der Waals surface area (Å²) in [7, 11) is 0. The molecule has 0 amide bonds. The van der Waals surface area contributed by atoms with Gasteiger partial charge in [-0.2, -0.15) is 0 Å². The quantitative estimate of drug-likeness (QED) is 0.733. The van der Waals surface area contributed by atoms with E-state index in [1.807, 2.05) is 0 Å². The Balaban J connectivity index is 2.23. The van der Waals surface area contributed by atoms with Gasteiger partial charge in [-0.3, -0.25) is 0 Å². The van der Waals surface area contributed by atoms with Crippen LogP contribution in [0.15, 0.2) is 30.3 Å². The Morgan fingerprint density at radius 3 is 2.35 bits per heavy atom. The highest BCUT2D eigenvalue weighted by molar-refractivity contribution is 5.25. The lowest BCUT2D eigenvalue weighted by Gasteiger charge is -2.45. The molecule has 1 nitrogen and oxygen atoms in total. The van der Waals surface area contributed by atoms with Crippen LogP contribution in [0.25, 0.3) is 0 Å². The Hall–Kier alpha value is -0.820. The summed E-state index contributed by atoms with van der Waals surface area (Å²) in [6.45, 7) is 11.5. The number of hydrogen-bond acceptors (Lipinski definition) is 1. The molecule has 1 saturated carbocycles. The van der Waals surface area contributed by atoms with Gasteiger partial charge in [0.1, 0.15) is 0 Å². The van der Waals surface area contributed by atoms with Crippen molar-refractivity contribution in [3.05, 3.63) is 35.9 Å². The summed E-state index contributed by atoms with van der Waals surface area (Å²) in [5, 5.41) is 0. The molecule has 0 bridgehead atoms. The lowest BCUT2D eigenvalue weighted by atomic mass is 9.64. The third-order valence-corrected chi connectivity index (χ3v) is 4.95. The molecule has 1 aromatic rings. The molecular weight excluding hydrogens is 244 g/mol. The van der Waals surface area contributed by atoms with Gasteiger partial charge in [-0.25, -0.2) is 0 Å². The van der Waals surface area contributed by atoms with Crippen LogP contribution in [0.4, 0.5) is 0 Å². The van der Waals surface area contributed by atoms with E-state index in [0.29, 0.717) is 18.1 Å². The molecular formula is C19H30O. The molecule has 1 aliphatic rings. The molecule has 2 rings (SSSR count). The predicted molar refractivity (Wildman–Crippen MR) is 86.0 cm³/mol. The smallest absolute Gasteiger partial charge is 0.0617 e. The minimum Gasteiger partial charge on any atom is -0.375 e. The molecule has 0 spiro atoms. The highest BCUT2D eigenvalue weighted by Gasteiger charge is 2.40. The lowest BCUT2D eigenvalue weighted by molar-refractivity contribution is -0.0736. The monoisotopic (exact) mass is 274 g/mol. The Kier molecular flexibility index (Phi) is 4.90. The van der Waals surface area contributed by atoms with Crippen LogP contribution in [0.5, 0.6) is 0 Å². The second kappa shape index (κ2) is 6.30. The molecule has 1 heteroatoms. The van der Waals surface area contributed by atoms with Gasteiger partial charge in [-0.05, 0) is 49.5 Å². The molecule has 3 unspecified atom stereocenters. The Morgan fingerprint density at radius 2 is 1.75 bits per heavy atom. The van der Waals surface area contributed by atoms with Crippen molar-refractivity contribution in [1.29, 1.82) is 0 Å². The maximum atomic E-state index is 6.28. The fourth-order valence-electron chi connectivity index (χ4n) is 3.74. The lowest BCUT2D eigenvalue weighted by Crippen LogP contribution is -2.43. The first-order valence-corrected chi connectivity index (χ1v) is 8.12. The number of ether oxygens (including phenoxy) is 1. The van der Waals surface area contributed by atoms with Crippen molar-refractivity contribution < 1.29 is 4.74 Å². The minimum atomic E-state index is 0.182. The van der Waals surface area contributed by atoms with Crippen molar-refractivity contribution in [3.8, 4) is 0 Å². The van der Waals surface area contributed by atoms with E-state index in [9.17, 15) is 0 Å².